The van der Waals surface area contributed by atoms with Crippen LogP contribution in [0.5, 0.6) is 0 Å². The number of rotatable bonds is 3. The summed E-state index contributed by atoms with van der Waals surface area (Å²) in [5.74, 6) is 0.439. The van der Waals surface area contributed by atoms with Crippen LogP contribution < -0.4 is 5.73 Å². The van der Waals surface area contributed by atoms with E-state index in [1.54, 1.807) is 6.07 Å². The fourth-order valence-corrected chi connectivity index (χ4v) is 1.86. The summed E-state index contributed by atoms with van der Waals surface area (Å²) in [4.78, 5) is 4.27. The lowest BCUT2D eigenvalue weighted by Gasteiger charge is -2.02. The first kappa shape index (κ1) is 11.4. The van der Waals surface area contributed by atoms with Crippen molar-refractivity contribution in [2.75, 3.05) is 6.61 Å². The lowest BCUT2D eigenvalue weighted by Crippen LogP contribution is -2.11. The van der Waals surface area contributed by atoms with Crippen molar-refractivity contribution in [3.63, 3.8) is 0 Å². The second-order valence-electron chi connectivity index (χ2n) is 3.74. The lowest BCUT2D eigenvalue weighted by atomic mass is 10.2. The molecule has 0 fully saturated rings. The van der Waals surface area contributed by atoms with Crippen molar-refractivity contribution in [2.24, 2.45) is 5.73 Å². The Hall–Kier alpha value is -1.10. The largest absolute Gasteiger partial charge is 0.439 e. The highest BCUT2D eigenvalue weighted by Crippen LogP contribution is 2.26. The second-order valence-corrected chi connectivity index (χ2v) is 4.18. The van der Waals surface area contributed by atoms with E-state index in [-0.39, 0.29) is 12.6 Å². The van der Waals surface area contributed by atoms with E-state index in [1.807, 2.05) is 13.0 Å². The minimum atomic E-state index is -0.379. The number of nitrogens with zero attached hydrogens (tertiary/aromatic N) is 1. The molecular formula is C11H13ClN2O2. The molecule has 0 aliphatic carbocycles. The van der Waals surface area contributed by atoms with Crippen molar-refractivity contribution in [3.05, 3.63) is 28.6 Å². The topological polar surface area (TPSA) is 72.3 Å². The molecule has 0 saturated heterocycles. The number of hydrogen-bond donors (Lipinski definition) is 2. The molecule has 3 N–H and O–H groups in total. The van der Waals surface area contributed by atoms with Gasteiger partial charge in [-0.25, -0.2) is 4.98 Å². The molecule has 1 aromatic carbocycles. The number of aliphatic hydroxyl groups excluding tert-OH is 1. The van der Waals surface area contributed by atoms with E-state index in [0.717, 1.165) is 5.56 Å². The molecule has 0 bridgehead atoms. The van der Waals surface area contributed by atoms with E-state index in [0.29, 0.717) is 28.4 Å². The first-order valence-electron chi connectivity index (χ1n) is 5.05. The van der Waals surface area contributed by atoms with E-state index in [1.165, 1.54) is 0 Å². The van der Waals surface area contributed by atoms with Crippen molar-refractivity contribution in [1.29, 1.82) is 0 Å². The Morgan fingerprint density at radius 2 is 2.31 bits per heavy atom. The average molecular weight is 241 g/mol. The Balaban J connectivity index is 2.47. The lowest BCUT2D eigenvalue weighted by molar-refractivity contribution is 0.268. The molecule has 0 radical (unpaired) electrons. The van der Waals surface area contributed by atoms with Gasteiger partial charge in [-0.15, -0.1) is 0 Å². The summed E-state index contributed by atoms with van der Waals surface area (Å²) >= 11 is 5.92. The Labute approximate surface area is 98.0 Å². The van der Waals surface area contributed by atoms with Gasteiger partial charge in [0.15, 0.2) is 5.58 Å². The third-order valence-electron chi connectivity index (χ3n) is 2.41. The van der Waals surface area contributed by atoms with Gasteiger partial charge in [0.1, 0.15) is 5.52 Å². The van der Waals surface area contributed by atoms with Crippen LogP contribution in [-0.4, -0.2) is 16.7 Å². The third-order valence-corrected chi connectivity index (χ3v) is 2.63. The molecule has 2 aromatic rings. The van der Waals surface area contributed by atoms with Gasteiger partial charge in [-0.05, 0) is 31.0 Å². The van der Waals surface area contributed by atoms with Gasteiger partial charge in [-0.2, -0.15) is 0 Å². The van der Waals surface area contributed by atoms with Gasteiger partial charge < -0.3 is 15.3 Å². The molecule has 5 heteroatoms. The zero-order valence-electron chi connectivity index (χ0n) is 8.90. The minimum absolute atomic E-state index is 0.0135. The first-order chi connectivity index (χ1) is 7.61. The molecule has 1 atom stereocenters. The molecule has 0 amide bonds. The summed E-state index contributed by atoms with van der Waals surface area (Å²) in [6, 6.07) is 3.18. The van der Waals surface area contributed by atoms with E-state index < -0.39 is 0 Å². The van der Waals surface area contributed by atoms with E-state index in [2.05, 4.69) is 4.98 Å². The predicted octanol–water partition coefficient (Wildman–Crippen LogP) is 2.17. The number of aliphatic hydroxyl groups is 1. The number of aryl methyl sites for hydroxylation is 1. The SMILES string of the molecule is Cc1cc(Cl)cc2nc(C(N)CCO)oc12. The van der Waals surface area contributed by atoms with Crippen molar-refractivity contribution >= 4 is 22.7 Å². The van der Waals surface area contributed by atoms with Crippen LogP contribution >= 0.6 is 11.6 Å². The molecule has 2 rings (SSSR count). The summed E-state index contributed by atoms with van der Waals surface area (Å²) in [6.07, 6.45) is 0.430. The van der Waals surface area contributed by atoms with Crippen LogP contribution in [0.3, 0.4) is 0 Å². The zero-order valence-corrected chi connectivity index (χ0v) is 9.66. The third kappa shape index (κ3) is 2.04. The van der Waals surface area contributed by atoms with E-state index >= 15 is 0 Å². The maximum Gasteiger partial charge on any atom is 0.212 e. The molecule has 1 unspecified atom stereocenters. The van der Waals surface area contributed by atoms with Gasteiger partial charge in [0, 0.05) is 11.6 Å². The molecular weight excluding hydrogens is 228 g/mol. The fourth-order valence-electron chi connectivity index (χ4n) is 1.60. The van der Waals surface area contributed by atoms with Crippen molar-refractivity contribution in [1.82, 2.24) is 4.98 Å². The molecule has 4 nitrogen and oxygen atoms in total. The number of nitrogens with two attached hydrogens (primary N) is 1. The fraction of sp³-hybridized carbons (Fsp3) is 0.364. The standard InChI is InChI=1S/C11H13ClN2O2/c1-6-4-7(12)5-9-10(6)16-11(14-9)8(13)2-3-15/h4-5,8,15H,2-3,13H2,1H3. The summed E-state index contributed by atoms with van der Waals surface area (Å²) in [7, 11) is 0. The molecule has 86 valence electrons. The van der Waals surface area contributed by atoms with E-state index in [9.17, 15) is 0 Å². The maximum atomic E-state index is 8.80. The van der Waals surface area contributed by atoms with Crippen LogP contribution in [0.1, 0.15) is 23.9 Å². The Kier molecular flexibility index (Phi) is 3.14. The Morgan fingerprint density at radius 3 is 3.00 bits per heavy atom. The van der Waals surface area contributed by atoms with Crippen LogP contribution in [0.4, 0.5) is 0 Å². The van der Waals surface area contributed by atoms with Gasteiger partial charge in [0.25, 0.3) is 0 Å². The zero-order chi connectivity index (χ0) is 11.7. The predicted molar refractivity (Wildman–Crippen MR) is 62.4 cm³/mol. The monoisotopic (exact) mass is 240 g/mol. The van der Waals surface area contributed by atoms with Crippen LogP contribution in [-0.2, 0) is 0 Å². The van der Waals surface area contributed by atoms with Crippen molar-refractivity contribution in [3.8, 4) is 0 Å². The normalized spacial score (nSPS) is 13.2. The molecule has 0 spiro atoms. The average Bonchev–Trinajstić information content (AvgIpc) is 2.62. The minimum Gasteiger partial charge on any atom is -0.439 e. The van der Waals surface area contributed by atoms with Crippen LogP contribution in [0.15, 0.2) is 16.5 Å². The molecule has 0 aliphatic heterocycles. The number of benzene rings is 1. The molecule has 0 saturated carbocycles. The van der Waals surface area contributed by atoms with Gasteiger partial charge in [0.05, 0.1) is 6.04 Å². The van der Waals surface area contributed by atoms with Gasteiger partial charge in [-0.1, -0.05) is 11.6 Å². The number of aromatic nitrogens is 1. The highest BCUT2D eigenvalue weighted by Gasteiger charge is 2.15. The Bertz CT molecular complexity index is 510. The number of hydrogen-bond acceptors (Lipinski definition) is 4. The van der Waals surface area contributed by atoms with E-state index in [4.69, 9.17) is 26.9 Å². The molecule has 1 aromatic heterocycles. The summed E-state index contributed by atoms with van der Waals surface area (Å²) in [5, 5.41) is 9.43. The highest BCUT2D eigenvalue weighted by molar-refractivity contribution is 6.31. The van der Waals surface area contributed by atoms with Crippen LogP contribution in [0.2, 0.25) is 5.02 Å². The number of fused-ring (bicyclic) bond motifs is 1. The van der Waals surface area contributed by atoms with Gasteiger partial charge >= 0.3 is 0 Å². The summed E-state index contributed by atoms with van der Waals surface area (Å²) in [5.41, 5.74) is 8.14. The van der Waals surface area contributed by atoms with Gasteiger partial charge in [-0.3, -0.25) is 0 Å². The van der Waals surface area contributed by atoms with Crippen LogP contribution in [0.25, 0.3) is 11.1 Å². The van der Waals surface area contributed by atoms with Crippen molar-refractivity contribution in [2.45, 2.75) is 19.4 Å². The van der Waals surface area contributed by atoms with Crippen LogP contribution in [0, 0.1) is 6.92 Å². The first-order valence-corrected chi connectivity index (χ1v) is 5.42. The molecule has 16 heavy (non-hydrogen) atoms. The van der Waals surface area contributed by atoms with Gasteiger partial charge in [0.2, 0.25) is 5.89 Å². The Morgan fingerprint density at radius 1 is 1.56 bits per heavy atom. The summed E-state index contributed by atoms with van der Waals surface area (Å²) in [6.45, 7) is 1.92. The summed E-state index contributed by atoms with van der Waals surface area (Å²) < 4.78 is 5.56. The second kappa shape index (κ2) is 4.41. The quantitative estimate of drug-likeness (QED) is 0.863. The molecule has 0 aliphatic rings. The molecule has 1 heterocycles. The maximum absolute atomic E-state index is 8.80. The highest BCUT2D eigenvalue weighted by atomic mass is 35.5. The smallest absolute Gasteiger partial charge is 0.212 e. The number of halogens is 1. The van der Waals surface area contributed by atoms with Crippen molar-refractivity contribution < 1.29 is 9.52 Å². The number of oxazole rings is 1.